The van der Waals surface area contributed by atoms with Crippen LogP contribution in [0.2, 0.25) is 0 Å². The summed E-state index contributed by atoms with van der Waals surface area (Å²) >= 11 is 1.31. The van der Waals surface area contributed by atoms with Gasteiger partial charge in [0.05, 0.1) is 22.4 Å². The third-order valence-corrected chi connectivity index (χ3v) is 7.62. The number of halogens is 3. The van der Waals surface area contributed by atoms with Crippen LogP contribution in [0.15, 0.2) is 29.1 Å². The molecule has 1 aliphatic carbocycles. The van der Waals surface area contributed by atoms with Crippen LogP contribution >= 0.6 is 23.7 Å². The van der Waals surface area contributed by atoms with E-state index in [1.54, 1.807) is 4.90 Å². The van der Waals surface area contributed by atoms with Crippen LogP contribution in [0.5, 0.6) is 0 Å². The van der Waals surface area contributed by atoms with Gasteiger partial charge in [0.25, 0.3) is 11.5 Å². The van der Waals surface area contributed by atoms with Crippen LogP contribution in [0.25, 0.3) is 20.8 Å². The predicted molar refractivity (Wildman–Crippen MR) is 132 cm³/mol. The van der Waals surface area contributed by atoms with Crippen molar-refractivity contribution in [2.24, 2.45) is 5.92 Å². The molecule has 2 fully saturated rings. The molecular formula is C22H26ClF2N5O4S. The molecule has 1 saturated heterocycles. The van der Waals surface area contributed by atoms with Crippen molar-refractivity contribution < 1.29 is 24.1 Å². The van der Waals surface area contributed by atoms with Gasteiger partial charge in [0.1, 0.15) is 22.5 Å². The number of nitrogens with zero attached hydrogens (tertiary/aromatic N) is 3. The highest BCUT2D eigenvalue weighted by Crippen LogP contribution is 2.36. The summed E-state index contributed by atoms with van der Waals surface area (Å²) in [6.07, 6.45) is -2.73. The molecule has 1 aliphatic heterocycles. The molecule has 3 heterocycles. The quantitative estimate of drug-likeness (QED) is 0.339. The zero-order valence-electron chi connectivity index (χ0n) is 18.5. The topological polar surface area (TPSA) is 135 Å². The number of hydrogen-bond donors (Lipinski definition) is 5. The van der Waals surface area contributed by atoms with Crippen molar-refractivity contribution in [2.45, 2.75) is 43.4 Å². The SMILES string of the molecule is Cl.O=c1[nH]c(N2CCC(F)(F)CC2)nc(N[C@@H]2C[C@H](CO)[C@@H](O)[C@H]2O)c1-c1nc2ccccc2s1. The minimum absolute atomic E-state index is 0. The second-order valence-corrected chi connectivity index (χ2v) is 9.88. The molecule has 0 amide bonds. The molecule has 1 aromatic carbocycles. The Bertz CT molecular complexity index is 1220. The maximum Gasteiger partial charge on any atom is 0.264 e. The van der Waals surface area contributed by atoms with Crippen LogP contribution in [0, 0.1) is 5.92 Å². The van der Waals surface area contributed by atoms with E-state index in [1.165, 1.54) is 11.3 Å². The Labute approximate surface area is 209 Å². The van der Waals surface area contributed by atoms with Crippen molar-refractivity contribution in [3.8, 4) is 10.6 Å². The lowest BCUT2D eigenvalue weighted by molar-refractivity contribution is -0.0222. The molecule has 2 aliphatic rings. The first-order valence-corrected chi connectivity index (χ1v) is 11.9. The second kappa shape index (κ2) is 9.94. The van der Waals surface area contributed by atoms with E-state index in [9.17, 15) is 28.9 Å². The first-order valence-electron chi connectivity index (χ1n) is 11.1. The standard InChI is InChI=1S/C22H25F2N5O4S.ClH/c23-22(24)5-7-29(8-6-22)21-27-18(25-13-9-11(10-30)16(31)17(13)32)15(19(33)28-21)20-26-12-3-1-2-4-14(12)34-20;/h1-4,11,13,16-17,30-32H,5-10H2,(H2,25,27,28,33);1H/t11-,13-,16-,17+;/m1./s1. The second-order valence-electron chi connectivity index (χ2n) is 8.85. The Kier molecular flexibility index (Phi) is 7.30. The summed E-state index contributed by atoms with van der Waals surface area (Å²) in [6, 6.07) is 6.75. The number of aliphatic hydroxyl groups excluding tert-OH is 3. The van der Waals surface area contributed by atoms with Gasteiger partial charge in [0, 0.05) is 38.5 Å². The van der Waals surface area contributed by atoms with Gasteiger partial charge >= 0.3 is 0 Å². The molecule has 4 atom stereocenters. The highest BCUT2D eigenvalue weighted by molar-refractivity contribution is 7.21. The third-order valence-electron chi connectivity index (χ3n) is 6.57. The number of rotatable bonds is 5. The van der Waals surface area contributed by atoms with E-state index in [0.29, 0.717) is 10.5 Å². The van der Waals surface area contributed by atoms with Crippen LogP contribution in [0.4, 0.5) is 20.5 Å². The van der Waals surface area contributed by atoms with Crippen LogP contribution in [-0.4, -0.2) is 74.1 Å². The van der Waals surface area contributed by atoms with Gasteiger partial charge in [0.2, 0.25) is 5.95 Å². The van der Waals surface area contributed by atoms with Gasteiger partial charge in [-0.1, -0.05) is 12.1 Å². The summed E-state index contributed by atoms with van der Waals surface area (Å²) in [5.41, 5.74) is 0.393. The summed E-state index contributed by atoms with van der Waals surface area (Å²) in [6.45, 7) is -0.225. The highest BCUT2D eigenvalue weighted by atomic mass is 35.5. The largest absolute Gasteiger partial charge is 0.396 e. The van der Waals surface area contributed by atoms with Gasteiger partial charge in [-0.2, -0.15) is 4.98 Å². The molecular weight excluding hydrogens is 504 g/mol. The fourth-order valence-corrected chi connectivity index (χ4v) is 5.57. The van der Waals surface area contributed by atoms with E-state index >= 15 is 0 Å². The minimum Gasteiger partial charge on any atom is -0.396 e. The number of alkyl halides is 2. The van der Waals surface area contributed by atoms with E-state index in [1.807, 2.05) is 24.3 Å². The van der Waals surface area contributed by atoms with Crippen molar-refractivity contribution in [2.75, 3.05) is 29.9 Å². The van der Waals surface area contributed by atoms with Crippen molar-refractivity contribution in [3.05, 3.63) is 34.6 Å². The number of piperidine rings is 1. The van der Waals surface area contributed by atoms with Gasteiger partial charge < -0.3 is 25.5 Å². The number of nitrogens with one attached hydrogen (secondary N) is 2. The number of H-pyrrole nitrogens is 1. The lowest BCUT2D eigenvalue weighted by Crippen LogP contribution is -2.41. The van der Waals surface area contributed by atoms with Gasteiger partial charge in [-0.05, 0) is 18.6 Å². The molecule has 2 aromatic heterocycles. The highest BCUT2D eigenvalue weighted by Gasteiger charge is 2.42. The Balaban J connectivity index is 0.00000289. The Morgan fingerprint density at radius 2 is 1.89 bits per heavy atom. The number of aliphatic hydroxyl groups is 3. The molecule has 190 valence electrons. The van der Waals surface area contributed by atoms with Crippen LogP contribution in [-0.2, 0) is 0 Å². The fourth-order valence-electron chi connectivity index (χ4n) is 4.56. The summed E-state index contributed by atoms with van der Waals surface area (Å²) in [5, 5.41) is 33.7. The molecule has 35 heavy (non-hydrogen) atoms. The number of anilines is 2. The van der Waals surface area contributed by atoms with Gasteiger partial charge in [-0.25, -0.2) is 13.8 Å². The number of benzene rings is 1. The van der Waals surface area contributed by atoms with Crippen molar-refractivity contribution in [3.63, 3.8) is 0 Å². The van der Waals surface area contributed by atoms with Crippen LogP contribution in [0.3, 0.4) is 0 Å². The minimum atomic E-state index is -2.75. The van der Waals surface area contributed by atoms with Gasteiger partial charge in [0.15, 0.2) is 0 Å². The smallest absolute Gasteiger partial charge is 0.264 e. The van der Waals surface area contributed by atoms with E-state index < -0.39 is 35.6 Å². The maximum atomic E-state index is 13.6. The van der Waals surface area contributed by atoms with E-state index in [-0.39, 0.29) is 68.7 Å². The molecule has 0 radical (unpaired) electrons. The molecule has 3 aromatic rings. The fraction of sp³-hybridized carbons (Fsp3) is 0.500. The number of aromatic nitrogens is 3. The Morgan fingerprint density at radius 1 is 1.17 bits per heavy atom. The third kappa shape index (κ3) is 4.98. The maximum absolute atomic E-state index is 13.6. The summed E-state index contributed by atoms with van der Waals surface area (Å²) in [4.78, 5) is 26.7. The molecule has 9 nitrogen and oxygen atoms in total. The van der Waals surface area contributed by atoms with E-state index in [0.717, 1.165) is 4.70 Å². The molecule has 1 saturated carbocycles. The van der Waals surface area contributed by atoms with Crippen molar-refractivity contribution >= 4 is 45.7 Å². The van der Waals surface area contributed by atoms with Gasteiger partial charge in [-0.15, -0.1) is 23.7 Å². The number of para-hydroxylation sites is 1. The average molecular weight is 530 g/mol. The summed E-state index contributed by atoms with van der Waals surface area (Å²) in [5.74, 6) is -2.98. The molecule has 0 unspecified atom stereocenters. The number of fused-ring (bicyclic) bond motifs is 1. The van der Waals surface area contributed by atoms with Crippen LogP contribution in [0.1, 0.15) is 19.3 Å². The molecule has 5 N–H and O–H groups in total. The zero-order valence-corrected chi connectivity index (χ0v) is 20.2. The van der Waals surface area contributed by atoms with Crippen molar-refractivity contribution in [1.82, 2.24) is 15.0 Å². The molecule has 5 rings (SSSR count). The zero-order chi connectivity index (χ0) is 24.0. The van der Waals surface area contributed by atoms with Gasteiger partial charge in [-0.3, -0.25) is 9.78 Å². The van der Waals surface area contributed by atoms with E-state index in [2.05, 4.69) is 20.3 Å². The molecule has 13 heteroatoms. The lowest BCUT2D eigenvalue weighted by Gasteiger charge is -2.32. The Hall–Kier alpha value is -2.38. The predicted octanol–water partition coefficient (Wildman–Crippen LogP) is 2.22. The van der Waals surface area contributed by atoms with Crippen molar-refractivity contribution in [1.29, 1.82) is 0 Å². The summed E-state index contributed by atoms with van der Waals surface area (Å²) in [7, 11) is 0. The number of thiazole rings is 1. The van der Waals surface area contributed by atoms with Crippen LogP contribution < -0.4 is 15.8 Å². The average Bonchev–Trinajstić information content (AvgIpc) is 3.34. The Morgan fingerprint density at radius 3 is 2.54 bits per heavy atom. The molecule has 0 spiro atoms. The monoisotopic (exact) mass is 529 g/mol. The normalized spacial score (nSPS) is 26.0. The summed E-state index contributed by atoms with van der Waals surface area (Å²) < 4.78 is 28.2. The van der Waals surface area contributed by atoms with E-state index in [4.69, 9.17) is 0 Å². The first kappa shape index (κ1) is 25.7. The molecule has 0 bridgehead atoms. The lowest BCUT2D eigenvalue weighted by atomic mass is 10.1. The number of aromatic amines is 1. The first-order chi connectivity index (χ1) is 16.3. The number of hydrogen-bond acceptors (Lipinski definition) is 9.